The standard InChI is InChI=1S/C13H15FO3/c1-16-10-5-3-4-9(14)12(10)11(8-6-7-8)13(15)17-2/h3-5,8,11H,6-7H2,1-2H3. The maximum Gasteiger partial charge on any atom is 0.313 e. The van der Waals surface area contributed by atoms with E-state index in [9.17, 15) is 9.18 Å². The molecule has 2 rings (SSSR count). The molecule has 3 nitrogen and oxygen atoms in total. The molecular formula is C13H15FO3. The van der Waals surface area contributed by atoms with E-state index in [1.807, 2.05) is 0 Å². The van der Waals surface area contributed by atoms with E-state index in [4.69, 9.17) is 9.47 Å². The molecule has 0 amide bonds. The zero-order chi connectivity index (χ0) is 12.4. The molecule has 0 radical (unpaired) electrons. The van der Waals surface area contributed by atoms with Crippen LogP contribution in [-0.4, -0.2) is 20.2 Å². The summed E-state index contributed by atoms with van der Waals surface area (Å²) < 4.78 is 23.8. The molecule has 0 spiro atoms. The van der Waals surface area contributed by atoms with Crippen molar-refractivity contribution in [3.63, 3.8) is 0 Å². The Kier molecular flexibility index (Phi) is 3.31. The lowest BCUT2D eigenvalue weighted by Crippen LogP contribution is -2.18. The van der Waals surface area contributed by atoms with Gasteiger partial charge in [-0.25, -0.2) is 4.39 Å². The minimum absolute atomic E-state index is 0.174. The highest BCUT2D eigenvalue weighted by Gasteiger charge is 2.41. The van der Waals surface area contributed by atoms with Crippen molar-refractivity contribution in [3.05, 3.63) is 29.6 Å². The molecule has 1 atom stereocenters. The fourth-order valence-corrected chi connectivity index (χ4v) is 2.10. The van der Waals surface area contributed by atoms with E-state index in [1.54, 1.807) is 12.1 Å². The van der Waals surface area contributed by atoms with Crippen molar-refractivity contribution >= 4 is 5.97 Å². The van der Waals surface area contributed by atoms with Crippen molar-refractivity contribution in [2.75, 3.05) is 14.2 Å². The van der Waals surface area contributed by atoms with Crippen LogP contribution in [0.1, 0.15) is 24.3 Å². The Bertz CT molecular complexity index is 427. The number of methoxy groups -OCH3 is 2. The molecule has 92 valence electrons. The molecule has 1 fully saturated rings. The Morgan fingerprint density at radius 1 is 1.41 bits per heavy atom. The van der Waals surface area contributed by atoms with Crippen LogP contribution >= 0.6 is 0 Å². The number of carbonyl (C=O) groups excluding carboxylic acids is 1. The molecule has 1 saturated carbocycles. The second-order valence-corrected chi connectivity index (χ2v) is 4.19. The van der Waals surface area contributed by atoms with Crippen molar-refractivity contribution in [1.29, 1.82) is 0 Å². The maximum atomic E-state index is 13.9. The minimum atomic E-state index is -0.545. The van der Waals surface area contributed by atoms with E-state index in [0.717, 1.165) is 12.8 Å². The highest BCUT2D eigenvalue weighted by atomic mass is 19.1. The van der Waals surface area contributed by atoms with E-state index in [2.05, 4.69) is 0 Å². The van der Waals surface area contributed by atoms with Crippen LogP contribution in [-0.2, 0) is 9.53 Å². The molecule has 1 aromatic carbocycles. The average Bonchev–Trinajstić information content (AvgIpc) is 3.15. The van der Waals surface area contributed by atoms with Crippen LogP contribution < -0.4 is 4.74 Å². The molecule has 1 aromatic rings. The SMILES string of the molecule is COC(=O)C(c1c(F)cccc1OC)C1CC1. The molecule has 0 aromatic heterocycles. The van der Waals surface area contributed by atoms with Crippen LogP contribution in [0.15, 0.2) is 18.2 Å². The summed E-state index contributed by atoms with van der Waals surface area (Å²) in [4.78, 5) is 11.8. The lowest BCUT2D eigenvalue weighted by atomic mass is 9.93. The number of ether oxygens (including phenoxy) is 2. The Morgan fingerprint density at radius 3 is 2.65 bits per heavy atom. The molecule has 0 bridgehead atoms. The fraction of sp³-hybridized carbons (Fsp3) is 0.462. The van der Waals surface area contributed by atoms with E-state index < -0.39 is 17.7 Å². The first kappa shape index (κ1) is 11.9. The number of rotatable bonds is 4. The molecule has 17 heavy (non-hydrogen) atoms. The number of hydrogen-bond donors (Lipinski definition) is 0. The summed E-state index contributed by atoms with van der Waals surface area (Å²) in [7, 11) is 2.80. The average molecular weight is 238 g/mol. The zero-order valence-corrected chi connectivity index (χ0v) is 9.90. The van der Waals surface area contributed by atoms with Crippen LogP contribution in [0.2, 0.25) is 0 Å². The minimum Gasteiger partial charge on any atom is -0.496 e. The highest BCUT2D eigenvalue weighted by Crippen LogP contribution is 2.46. The second-order valence-electron chi connectivity index (χ2n) is 4.19. The van der Waals surface area contributed by atoms with Gasteiger partial charge >= 0.3 is 5.97 Å². The van der Waals surface area contributed by atoms with Gasteiger partial charge in [-0.05, 0) is 30.9 Å². The van der Waals surface area contributed by atoms with Crippen molar-refractivity contribution in [3.8, 4) is 5.75 Å². The smallest absolute Gasteiger partial charge is 0.313 e. The van der Waals surface area contributed by atoms with Gasteiger partial charge in [-0.3, -0.25) is 4.79 Å². The van der Waals surface area contributed by atoms with Crippen molar-refractivity contribution in [1.82, 2.24) is 0 Å². The molecule has 1 aliphatic carbocycles. The van der Waals surface area contributed by atoms with Crippen LogP contribution in [0.5, 0.6) is 5.75 Å². The quantitative estimate of drug-likeness (QED) is 0.756. The largest absolute Gasteiger partial charge is 0.496 e. The summed E-state index contributed by atoms with van der Waals surface area (Å²) in [5.41, 5.74) is 0.323. The van der Waals surface area contributed by atoms with E-state index in [-0.39, 0.29) is 5.92 Å². The van der Waals surface area contributed by atoms with Gasteiger partial charge in [-0.15, -0.1) is 0 Å². The first-order valence-corrected chi connectivity index (χ1v) is 5.59. The predicted octanol–water partition coefficient (Wildman–Crippen LogP) is 2.50. The third kappa shape index (κ3) is 2.25. The van der Waals surface area contributed by atoms with Crippen LogP contribution in [0, 0.1) is 11.7 Å². The number of halogens is 1. The van der Waals surface area contributed by atoms with Gasteiger partial charge < -0.3 is 9.47 Å². The van der Waals surface area contributed by atoms with Crippen molar-refractivity contribution in [2.45, 2.75) is 18.8 Å². The molecule has 0 saturated heterocycles. The van der Waals surface area contributed by atoms with Gasteiger partial charge in [0.2, 0.25) is 0 Å². The topological polar surface area (TPSA) is 35.5 Å². The molecule has 1 aliphatic rings. The molecule has 0 N–H and O–H groups in total. The number of hydrogen-bond acceptors (Lipinski definition) is 3. The van der Waals surface area contributed by atoms with Crippen LogP contribution in [0.4, 0.5) is 4.39 Å². The first-order valence-electron chi connectivity index (χ1n) is 5.59. The summed E-state index contributed by atoms with van der Waals surface area (Å²) in [5.74, 6) is -0.765. The van der Waals surface area contributed by atoms with Gasteiger partial charge in [0.25, 0.3) is 0 Å². The Morgan fingerprint density at radius 2 is 2.12 bits per heavy atom. The van der Waals surface area contributed by atoms with Crippen molar-refractivity contribution < 1.29 is 18.7 Å². The molecule has 0 aliphatic heterocycles. The summed E-state index contributed by atoms with van der Waals surface area (Å²) in [6.45, 7) is 0. The van der Waals surface area contributed by atoms with Crippen molar-refractivity contribution in [2.24, 2.45) is 5.92 Å². The van der Waals surface area contributed by atoms with Crippen LogP contribution in [0.25, 0.3) is 0 Å². The second kappa shape index (κ2) is 4.73. The maximum absolute atomic E-state index is 13.9. The Balaban J connectivity index is 2.44. The molecule has 1 unspecified atom stereocenters. The Labute approximate surface area is 99.5 Å². The summed E-state index contributed by atoms with van der Waals surface area (Å²) in [6.07, 6.45) is 1.86. The number of benzene rings is 1. The molecule has 0 heterocycles. The molecule has 4 heteroatoms. The summed E-state index contributed by atoms with van der Waals surface area (Å²) in [5, 5.41) is 0. The van der Waals surface area contributed by atoms with Gasteiger partial charge in [0.05, 0.1) is 20.1 Å². The monoisotopic (exact) mass is 238 g/mol. The van der Waals surface area contributed by atoms with Crippen LogP contribution in [0.3, 0.4) is 0 Å². The number of esters is 1. The zero-order valence-electron chi connectivity index (χ0n) is 9.90. The Hall–Kier alpha value is -1.58. The predicted molar refractivity (Wildman–Crippen MR) is 60.4 cm³/mol. The fourth-order valence-electron chi connectivity index (χ4n) is 2.10. The van der Waals surface area contributed by atoms with Gasteiger partial charge in [0.15, 0.2) is 0 Å². The number of carbonyl (C=O) groups is 1. The lowest BCUT2D eigenvalue weighted by molar-refractivity contribution is -0.143. The van der Waals surface area contributed by atoms with E-state index in [0.29, 0.717) is 11.3 Å². The van der Waals surface area contributed by atoms with Gasteiger partial charge in [-0.2, -0.15) is 0 Å². The van der Waals surface area contributed by atoms with E-state index in [1.165, 1.54) is 20.3 Å². The lowest BCUT2D eigenvalue weighted by Gasteiger charge is -2.17. The van der Waals surface area contributed by atoms with Gasteiger partial charge in [-0.1, -0.05) is 6.07 Å². The van der Waals surface area contributed by atoms with E-state index >= 15 is 0 Å². The summed E-state index contributed by atoms with van der Waals surface area (Å²) in [6, 6.07) is 4.58. The molecular weight excluding hydrogens is 223 g/mol. The third-order valence-corrected chi connectivity index (χ3v) is 3.09. The normalized spacial score (nSPS) is 16.4. The van der Waals surface area contributed by atoms with Gasteiger partial charge in [0, 0.05) is 5.56 Å². The first-order chi connectivity index (χ1) is 8.19. The van der Waals surface area contributed by atoms with Gasteiger partial charge in [0.1, 0.15) is 11.6 Å². The highest BCUT2D eigenvalue weighted by molar-refractivity contribution is 5.80. The third-order valence-electron chi connectivity index (χ3n) is 3.09. The summed E-state index contributed by atoms with van der Waals surface area (Å²) >= 11 is 0.